The van der Waals surface area contributed by atoms with E-state index in [4.69, 9.17) is 4.74 Å². The largest absolute Gasteiger partial charge is 0.373 e. The van der Waals surface area contributed by atoms with Gasteiger partial charge in [0.1, 0.15) is 5.82 Å². The van der Waals surface area contributed by atoms with Crippen molar-refractivity contribution in [2.24, 2.45) is 0 Å². The Balaban J connectivity index is 1.64. The first-order valence-electron chi connectivity index (χ1n) is 10.3. The number of carbonyl (C=O) groups is 1. The molecule has 7 nitrogen and oxygen atoms in total. The van der Waals surface area contributed by atoms with Gasteiger partial charge in [0.05, 0.1) is 10.5 Å². The van der Waals surface area contributed by atoms with Crippen molar-refractivity contribution >= 4 is 22.5 Å². The maximum absolute atomic E-state index is 13.5. The molecule has 1 aliphatic heterocycles. The second kappa shape index (κ2) is 8.47. The number of non-ortho nitro benzene ring substituents is 1. The molecule has 0 saturated carbocycles. The van der Waals surface area contributed by atoms with Crippen LogP contribution in [0.4, 0.5) is 10.1 Å². The minimum absolute atomic E-state index is 0.0260. The molecular weight excluding hydrogens is 401 g/mol. The number of H-pyrrole nitrogens is 1. The van der Waals surface area contributed by atoms with Gasteiger partial charge in [-0.25, -0.2) is 4.39 Å². The second-order valence-electron chi connectivity index (χ2n) is 8.22. The molecule has 1 aromatic heterocycles. The molecule has 0 radical (unpaired) electrons. The van der Waals surface area contributed by atoms with Crippen molar-refractivity contribution in [3.8, 4) is 0 Å². The molecule has 3 aromatic rings. The van der Waals surface area contributed by atoms with Gasteiger partial charge in [-0.2, -0.15) is 0 Å². The van der Waals surface area contributed by atoms with Crippen molar-refractivity contribution in [3.05, 3.63) is 75.7 Å². The zero-order valence-electron chi connectivity index (χ0n) is 17.2. The Labute approximate surface area is 178 Å². The number of amides is 1. The number of nitrogens with zero attached hydrogens (tertiary/aromatic N) is 1. The van der Waals surface area contributed by atoms with Crippen molar-refractivity contribution < 1.29 is 18.8 Å². The van der Waals surface area contributed by atoms with Crippen LogP contribution in [0.25, 0.3) is 10.9 Å². The number of hydrogen-bond donors (Lipinski definition) is 2. The first kappa shape index (κ1) is 21.0. The third kappa shape index (κ3) is 4.59. The third-order valence-corrected chi connectivity index (χ3v) is 5.91. The number of nitro groups is 1. The second-order valence-corrected chi connectivity index (χ2v) is 8.22. The summed E-state index contributed by atoms with van der Waals surface area (Å²) in [5, 5.41) is 14.9. The van der Waals surface area contributed by atoms with E-state index in [0.717, 1.165) is 29.5 Å². The number of rotatable bonds is 7. The summed E-state index contributed by atoms with van der Waals surface area (Å²) < 4.78 is 19.2. The fraction of sp³-hybridized carbons (Fsp3) is 0.348. The van der Waals surface area contributed by atoms with Gasteiger partial charge in [0.2, 0.25) is 5.91 Å². The van der Waals surface area contributed by atoms with Crippen LogP contribution in [-0.2, 0) is 9.53 Å². The van der Waals surface area contributed by atoms with Crippen molar-refractivity contribution in [2.45, 2.75) is 37.7 Å². The summed E-state index contributed by atoms with van der Waals surface area (Å²) >= 11 is 0. The van der Waals surface area contributed by atoms with E-state index in [2.05, 4.69) is 10.3 Å². The number of nitro benzene ring substituents is 1. The molecule has 0 aliphatic carbocycles. The highest BCUT2D eigenvalue weighted by molar-refractivity contribution is 5.87. The van der Waals surface area contributed by atoms with E-state index in [1.807, 2.05) is 6.92 Å². The lowest BCUT2D eigenvalue weighted by molar-refractivity contribution is -0.384. The summed E-state index contributed by atoms with van der Waals surface area (Å²) in [6, 6.07) is 10.6. The molecule has 8 heteroatoms. The summed E-state index contributed by atoms with van der Waals surface area (Å²) in [6.45, 7) is 3.09. The molecule has 2 atom stereocenters. The van der Waals surface area contributed by atoms with Crippen molar-refractivity contribution in [1.29, 1.82) is 0 Å². The molecule has 2 heterocycles. The van der Waals surface area contributed by atoms with Crippen LogP contribution < -0.4 is 5.32 Å². The number of carbonyl (C=O) groups excluding carboxylic acids is 1. The molecule has 31 heavy (non-hydrogen) atoms. The maximum Gasteiger partial charge on any atom is 0.270 e. The minimum atomic E-state index is -0.446. The SMILES string of the molecule is CC1(CNC(=O)CC(c2ccc(F)cc2)c2c[nH]c3ccc([N+](=O)[O-])cc23)CCCO1. The molecular formula is C23H24FN3O4. The predicted molar refractivity (Wildman–Crippen MR) is 114 cm³/mol. The third-order valence-electron chi connectivity index (χ3n) is 5.91. The van der Waals surface area contributed by atoms with Crippen LogP contribution in [0, 0.1) is 15.9 Å². The standard InChI is InChI=1S/C23H24FN3O4/c1-23(9-2-10-31-23)14-26-22(28)12-18(15-3-5-16(24)6-4-15)20-13-25-21-8-7-17(27(29)30)11-19(20)21/h3-8,11,13,18,25H,2,9-10,12,14H2,1H3,(H,26,28). The van der Waals surface area contributed by atoms with Gasteiger partial charge in [-0.15, -0.1) is 0 Å². The van der Waals surface area contributed by atoms with Crippen LogP contribution in [0.5, 0.6) is 0 Å². The van der Waals surface area contributed by atoms with E-state index in [9.17, 15) is 19.3 Å². The van der Waals surface area contributed by atoms with E-state index in [0.29, 0.717) is 18.5 Å². The Hall–Kier alpha value is -3.26. The summed E-state index contributed by atoms with van der Waals surface area (Å²) in [4.78, 5) is 26.8. The van der Waals surface area contributed by atoms with Crippen LogP contribution >= 0.6 is 0 Å². The van der Waals surface area contributed by atoms with Crippen LogP contribution in [-0.4, -0.2) is 34.6 Å². The Morgan fingerprint density at radius 3 is 2.77 bits per heavy atom. The number of benzene rings is 2. The number of ether oxygens (including phenoxy) is 1. The molecule has 0 spiro atoms. The number of fused-ring (bicyclic) bond motifs is 1. The predicted octanol–water partition coefficient (Wildman–Crippen LogP) is 4.42. The molecule has 1 aliphatic rings. The van der Waals surface area contributed by atoms with Gasteiger partial charge in [0.25, 0.3) is 5.69 Å². The molecule has 2 N–H and O–H groups in total. The van der Waals surface area contributed by atoms with E-state index in [-0.39, 0.29) is 29.4 Å². The lowest BCUT2D eigenvalue weighted by atomic mass is 9.87. The molecule has 1 amide bonds. The fourth-order valence-corrected chi connectivity index (χ4v) is 4.15. The van der Waals surface area contributed by atoms with E-state index in [1.165, 1.54) is 24.3 Å². The highest BCUT2D eigenvalue weighted by atomic mass is 19.1. The number of hydrogen-bond acceptors (Lipinski definition) is 4. The fourth-order valence-electron chi connectivity index (χ4n) is 4.15. The molecule has 4 rings (SSSR count). The molecule has 2 aromatic carbocycles. The summed E-state index contributed by atoms with van der Waals surface area (Å²) in [5.74, 6) is -0.924. The van der Waals surface area contributed by atoms with Gasteiger partial charge in [-0.1, -0.05) is 12.1 Å². The van der Waals surface area contributed by atoms with Crippen LogP contribution in [0.15, 0.2) is 48.7 Å². The minimum Gasteiger partial charge on any atom is -0.373 e. The van der Waals surface area contributed by atoms with E-state index < -0.39 is 10.8 Å². The van der Waals surface area contributed by atoms with E-state index in [1.54, 1.807) is 24.4 Å². The van der Waals surface area contributed by atoms with Gasteiger partial charge in [-0.05, 0) is 49.1 Å². The lowest BCUT2D eigenvalue weighted by Crippen LogP contribution is -2.40. The average molecular weight is 425 g/mol. The van der Waals surface area contributed by atoms with Gasteiger partial charge < -0.3 is 15.0 Å². The number of aromatic nitrogens is 1. The first-order chi connectivity index (χ1) is 14.8. The van der Waals surface area contributed by atoms with Crippen LogP contribution in [0.2, 0.25) is 0 Å². The quantitative estimate of drug-likeness (QED) is 0.432. The molecule has 1 saturated heterocycles. The van der Waals surface area contributed by atoms with Gasteiger partial charge >= 0.3 is 0 Å². The first-order valence-corrected chi connectivity index (χ1v) is 10.3. The summed E-state index contributed by atoms with van der Waals surface area (Å²) in [5.41, 5.74) is 1.86. The Bertz CT molecular complexity index is 1100. The lowest BCUT2D eigenvalue weighted by Gasteiger charge is -2.24. The van der Waals surface area contributed by atoms with E-state index >= 15 is 0 Å². The average Bonchev–Trinajstić information content (AvgIpc) is 3.37. The van der Waals surface area contributed by atoms with Gasteiger partial charge in [0, 0.05) is 54.7 Å². The molecule has 162 valence electrons. The molecule has 2 unspecified atom stereocenters. The smallest absolute Gasteiger partial charge is 0.270 e. The zero-order chi connectivity index (χ0) is 22.0. The van der Waals surface area contributed by atoms with Crippen LogP contribution in [0.3, 0.4) is 0 Å². The number of nitrogens with one attached hydrogen (secondary N) is 2. The van der Waals surface area contributed by atoms with Crippen LogP contribution in [0.1, 0.15) is 43.2 Å². The monoisotopic (exact) mass is 425 g/mol. The number of halogens is 1. The highest BCUT2D eigenvalue weighted by Crippen LogP contribution is 2.35. The normalized spacial score (nSPS) is 19.4. The van der Waals surface area contributed by atoms with Gasteiger partial charge in [0.15, 0.2) is 0 Å². The Morgan fingerprint density at radius 2 is 2.10 bits per heavy atom. The van der Waals surface area contributed by atoms with Crippen molar-refractivity contribution in [2.75, 3.05) is 13.2 Å². The summed E-state index contributed by atoms with van der Waals surface area (Å²) in [6.07, 6.45) is 3.74. The Morgan fingerprint density at radius 1 is 1.32 bits per heavy atom. The number of aromatic amines is 1. The molecule has 0 bridgehead atoms. The van der Waals surface area contributed by atoms with Crippen molar-refractivity contribution in [3.63, 3.8) is 0 Å². The van der Waals surface area contributed by atoms with Gasteiger partial charge in [-0.3, -0.25) is 14.9 Å². The zero-order valence-corrected chi connectivity index (χ0v) is 17.2. The highest BCUT2D eigenvalue weighted by Gasteiger charge is 2.31. The van der Waals surface area contributed by atoms with Crippen molar-refractivity contribution in [1.82, 2.24) is 10.3 Å². The summed E-state index contributed by atoms with van der Waals surface area (Å²) in [7, 11) is 0. The topological polar surface area (TPSA) is 97.3 Å². The molecule has 1 fully saturated rings. The Kier molecular flexibility index (Phi) is 5.73. The maximum atomic E-state index is 13.5.